The van der Waals surface area contributed by atoms with Gasteiger partial charge in [0.2, 0.25) is 0 Å². The number of anilines is 4. The lowest BCUT2D eigenvalue weighted by atomic mass is 9.98. The van der Waals surface area contributed by atoms with Crippen molar-refractivity contribution in [3.05, 3.63) is 147 Å². The van der Waals surface area contributed by atoms with Crippen LogP contribution in [0.2, 0.25) is 0 Å². The van der Waals surface area contributed by atoms with Gasteiger partial charge in [0.05, 0.1) is 41.0 Å². The molecule has 0 aliphatic rings. The van der Waals surface area contributed by atoms with Gasteiger partial charge in [-0.3, -0.25) is 0 Å². The SMILES string of the molecule is CCc1ccc(-c2c(C)noc2C)cc1N(CC)c1ccc(-n2cc(Cc3ccc(-c4c(C)nsc4C)cc3N(C)c3ccc(-n4ccnc4)c(Br)c3)nn2)cc1. The molecular weight excluding hydrogens is 795 g/mol. The van der Waals surface area contributed by atoms with E-state index in [4.69, 9.17) is 4.52 Å². The normalized spacial score (nSPS) is 11.4. The first-order valence-electron chi connectivity index (χ1n) is 19.1. The first-order valence-corrected chi connectivity index (χ1v) is 20.6. The molecule has 0 spiro atoms. The Kier molecular flexibility index (Phi) is 10.6. The first kappa shape index (κ1) is 38.0. The Balaban J connectivity index is 1.08. The van der Waals surface area contributed by atoms with Crippen LogP contribution in [0.5, 0.6) is 0 Å². The second-order valence-corrected chi connectivity index (χ2v) is 16.0. The molecule has 12 heteroatoms. The molecule has 288 valence electrons. The molecule has 0 saturated carbocycles. The third-order valence-corrected chi connectivity index (χ3v) is 12.1. The summed E-state index contributed by atoms with van der Waals surface area (Å²) in [5.41, 5.74) is 16.1. The minimum atomic E-state index is 0.608. The van der Waals surface area contributed by atoms with Gasteiger partial charge in [0.15, 0.2) is 0 Å². The minimum absolute atomic E-state index is 0.608. The van der Waals surface area contributed by atoms with Gasteiger partial charge in [0.1, 0.15) is 5.76 Å². The van der Waals surface area contributed by atoms with Crippen LogP contribution in [0.4, 0.5) is 22.7 Å². The molecule has 4 aromatic heterocycles. The van der Waals surface area contributed by atoms with Gasteiger partial charge in [0.25, 0.3) is 0 Å². The fourth-order valence-electron chi connectivity index (χ4n) is 7.67. The van der Waals surface area contributed by atoms with Crippen molar-refractivity contribution in [2.45, 2.75) is 54.4 Å². The molecule has 0 saturated heterocycles. The smallest absolute Gasteiger partial charge is 0.141 e. The van der Waals surface area contributed by atoms with Crippen LogP contribution in [0.25, 0.3) is 33.6 Å². The maximum atomic E-state index is 5.50. The molecule has 0 N–H and O–H groups in total. The van der Waals surface area contributed by atoms with Gasteiger partial charge >= 0.3 is 0 Å². The zero-order valence-corrected chi connectivity index (χ0v) is 35.6. The maximum Gasteiger partial charge on any atom is 0.141 e. The summed E-state index contributed by atoms with van der Waals surface area (Å²) < 4.78 is 15.0. The topological polar surface area (TPSA) is 93.9 Å². The van der Waals surface area contributed by atoms with Crippen LogP contribution in [0, 0.1) is 27.7 Å². The van der Waals surface area contributed by atoms with Gasteiger partial charge in [-0.1, -0.05) is 41.6 Å². The van der Waals surface area contributed by atoms with Crippen molar-refractivity contribution in [2.75, 3.05) is 23.4 Å². The van der Waals surface area contributed by atoms with E-state index in [0.717, 1.165) is 91.0 Å². The van der Waals surface area contributed by atoms with E-state index in [1.54, 1.807) is 24.1 Å². The van der Waals surface area contributed by atoms with Gasteiger partial charge < -0.3 is 18.9 Å². The van der Waals surface area contributed by atoms with Crippen LogP contribution in [-0.4, -0.2) is 47.7 Å². The lowest BCUT2D eigenvalue weighted by Gasteiger charge is -2.27. The second-order valence-electron chi connectivity index (χ2n) is 14.2. The van der Waals surface area contributed by atoms with E-state index in [0.29, 0.717) is 6.42 Å². The van der Waals surface area contributed by atoms with Crippen molar-refractivity contribution in [3.63, 3.8) is 0 Å². The highest BCUT2D eigenvalue weighted by Gasteiger charge is 2.20. The number of aromatic nitrogens is 7. The zero-order valence-electron chi connectivity index (χ0n) is 33.2. The van der Waals surface area contributed by atoms with Crippen molar-refractivity contribution in [1.29, 1.82) is 0 Å². The van der Waals surface area contributed by atoms with Gasteiger partial charge in [-0.15, -0.1) is 5.10 Å². The highest BCUT2D eigenvalue weighted by atomic mass is 79.9. The number of benzene rings is 4. The Morgan fingerprint density at radius 3 is 2.19 bits per heavy atom. The summed E-state index contributed by atoms with van der Waals surface area (Å²) in [7, 11) is 2.11. The summed E-state index contributed by atoms with van der Waals surface area (Å²) in [6.45, 7) is 13.4. The largest absolute Gasteiger partial charge is 0.361 e. The van der Waals surface area contributed by atoms with Crippen molar-refractivity contribution in [3.8, 4) is 33.6 Å². The van der Waals surface area contributed by atoms with Crippen LogP contribution in [0.15, 0.2) is 113 Å². The average molecular weight is 839 g/mol. The van der Waals surface area contributed by atoms with E-state index in [-0.39, 0.29) is 0 Å². The van der Waals surface area contributed by atoms with E-state index in [2.05, 4.69) is 164 Å². The fraction of sp³-hybridized carbons (Fsp3) is 0.222. The number of hydrogen-bond acceptors (Lipinski definition) is 9. The summed E-state index contributed by atoms with van der Waals surface area (Å²) in [6.07, 6.45) is 9.09. The van der Waals surface area contributed by atoms with E-state index in [9.17, 15) is 0 Å². The summed E-state index contributed by atoms with van der Waals surface area (Å²) in [5.74, 6) is 0.827. The molecule has 0 fully saturated rings. The summed E-state index contributed by atoms with van der Waals surface area (Å²) >= 11 is 5.35. The van der Waals surface area contributed by atoms with Crippen molar-refractivity contribution in [2.24, 2.45) is 0 Å². The van der Waals surface area contributed by atoms with Gasteiger partial charge in [-0.05, 0) is 145 Å². The quantitative estimate of drug-likeness (QED) is 0.120. The standard InChI is InChI=1S/C45H44BrN9OS/c1-8-32-10-12-34(44-28(3)49-56-30(44)5)24-43(32)54(9-2)37-14-16-38(17-15-37)55-26-36(48-51-55)22-33-11-13-35(45-29(4)50-57-31(45)6)23-42(33)52(7)39-18-19-41(40(46)25-39)53-21-20-47-27-53/h10-21,23-27H,8-9,22H2,1-7H3. The Hall–Kier alpha value is -5.85. The molecule has 0 radical (unpaired) electrons. The van der Waals surface area contributed by atoms with Crippen molar-refractivity contribution >= 4 is 50.2 Å². The number of hydrogen-bond donors (Lipinski definition) is 0. The van der Waals surface area contributed by atoms with E-state index >= 15 is 0 Å². The fourth-order valence-corrected chi connectivity index (χ4v) is 8.97. The summed E-state index contributed by atoms with van der Waals surface area (Å²) in [5, 5.41) is 13.4. The molecule has 8 rings (SSSR count). The van der Waals surface area contributed by atoms with Gasteiger partial charge in [-0.2, -0.15) is 4.37 Å². The monoisotopic (exact) mass is 837 g/mol. The molecule has 4 aromatic carbocycles. The lowest BCUT2D eigenvalue weighted by molar-refractivity contribution is 0.393. The summed E-state index contributed by atoms with van der Waals surface area (Å²) in [6, 6.07) is 28.3. The molecule has 57 heavy (non-hydrogen) atoms. The van der Waals surface area contributed by atoms with Crippen molar-refractivity contribution < 1.29 is 4.52 Å². The number of imidazole rings is 1. The van der Waals surface area contributed by atoms with E-state index in [1.807, 2.05) is 35.5 Å². The van der Waals surface area contributed by atoms with Gasteiger partial charge in [0, 0.05) is 75.6 Å². The highest BCUT2D eigenvalue weighted by Crippen LogP contribution is 2.39. The Bertz CT molecular complexity index is 2640. The third kappa shape index (κ3) is 7.42. The highest BCUT2D eigenvalue weighted by molar-refractivity contribution is 9.10. The Labute approximate surface area is 345 Å². The number of aryl methyl sites for hydroxylation is 5. The van der Waals surface area contributed by atoms with Crippen LogP contribution in [0.3, 0.4) is 0 Å². The van der Waals surface area contributed by atoms with Crippen LogP contribution >= 0.6 is 27.5 Å². The predicted molar refractivity (Wildman–Crippen MR) is 234 cm³/mol. The molecule has 0 bridgehead atoms. The predicted octanol–water partition coefficient (Wildman–Crippen LogP) is 11.3. The third-order valence-electron chi connectivity index (χ3n) is 10.6. The molecule has 0 atom stereocenters. The molecule has 0 unspecified atom stereocenters. The Morgan fingerprint density at radius 1 is 0.807 bits per heavy atom. The van der Waals surface area contributed by atoms with E-state index < -0.39 is 0 Å². The molecule has 10 nitrogen and oxygen atoms in total. The minimum Gasteiger partial charge on any atom is -0.361 e. The molecule has 0 amide bonds. The number of nitrogens with zero attached hydrogens (tertiary/aromatic N) is 9. The molecule has 8 aromatic rings. The van der Waals surface area contributed by atoms with E-state index in [1.165, 1.54) is 21.7 Å². The maximum absolute atomic E-state index is 5.50. The average Bonchev–Trinajstić information content (AvgIpc) is 4.05. The molecule has 4 heterocycles. The lowest BCUT2D eigenvalue weighted by Crippen LogP contribution is -2.18. The van der Waals surface area contributed by atoms with Crippen LogP contribution < -0.4 is 9.80 Å². The molecule has 0 aliphatic heterocycles. The first-order chi connectivity index (χ1) is 27.6. The van der Waals surface area contributed by atoms with Crippen LogP contribution in [0.1, 0.15) is 52.7 Å². The Morgan fingerprint density at radius 2 is 1.54 bits per heavy atom. The second kappa shape index (κ2) is 16.0. The summed E-state index contributed by atoms with van der Waals surface area (Å²) in [4.78, 5) is 10.0. The number of halogens is 1. The van der Waals surface area contributed by atoms with Crippen molar-refractivity contribution in [1.82, 2.24) is 34.1 Å². The van der Waals surface area contributed by atoms with Gasteiger partial charge in [-0.25, -0.2) is 9.67 Å². The van der Waals surface area contributed by atoms with Crippen LogP contribution in [-0.2, 0) is 12.8 Å². The molecular formula is C45H44BrN9OS. The molecule has 0 aliphatic carbocycles. The number of rotatable bonds is 12. The zero-order chi connectivity index (χ0) is 39.8.